The molecule has 0 aromatic heterocycles. The number of anilines is 1. The number of rotatable bonds is 4. The first-order valence-corrected chi connectivity index (χ1v) is 10.8. The number of amides is 1. The molecule has 1 saturated carbocycles. The van der Waals surface area contributed by atoms with Gasteiger partial charge in [-0.15, -0.1) is 0 Å². The maximum absolute atomic E-state index is 14.3. The van der Waals surface area contributed by atoms with E-state index in [-0.39, 0.29) is 11.7 Å². The number of fused-ring (bicyclic) bond motifs is 1. The van der Waals surface area contributed by atoms with Gasteiger partial charge < -0.3 is 10.2 Å². The van der Waals surface area contributed by atoms with Gasteiger partial charge in [0.25, 0.3) is 5.91 Å². The molecule has 3 N–H and O–H groups in total. The lowest BCUT2D eigenvalue weighted by molar-refractivity contribution is 0.0930. The van der Waals surface area contributed by atoms with Crippen LogP contribution in [0.3, 0.4) is 0 Å². The molecule has 6 heteroatoms. The Morgan fingerprint density at radius 3 is 2.42 bits per heavy atom. The van der Waals surface area contributed by atoms with E-state index >= 15 is 0 Å². The minimum absolute atomic E-state index is 0.0808. The zero-order valence-electron chi connectivity index (χ0n) is 17.7. The van der Waals surface area contributed by atoms with Crippen LogP contribution >= 0.6 is 0 Å². The Bertz CT molecular complexity index is 1150. The molecule has 3 aromatic carbocycles. The summed E-state index contributed by atoms with van der Waals surface area (Å²) in [6.45, 7) is 5.24. The van der Waals surface area contributed by atoms with Gasteiger partial charge in [-0.25, -0.2) is 9.40 Å². The molecule has 5 nitrogen and oxygen atoms in total. The molecule has 5 rings (SSSR count). The summed E-state index contributed by atoms with van der Waals surface area (Å²) in [6.07, 6.45) is 1.71. The molecule has 3 aromatic rings. The van der Waals surface area contributed by atoms with Gasteiger partial charge in [0, 0.05) is 42.8 Å². The molecule has 2 fully saturated rings. The topological polar surface area (TPSA) is 61.6 Å². The smallest absolute Gasteiger partial charge is 0.252 e. The molecule has 1 aliphatic carbocycles. The van der Waals surface area contributed by atoms with E-state index in [4.69, 9.17) is 5.84 Å². The predicted octanol–water partition coefficient (Wildman–Crippen LogP) is 3.70. The highest BCUT2D eigenvalue weighted by Crippen LogP contribution is 2.48. The number of carbonyl (C=O) groups excluding carboxylic acids is 1. The number of nitrogens with two attached hydrogens (primary N) is 1. The number of halogens is 1. The predicted molar refractivity (Wildman–Crippen MR) is 121 cm³/mol. The monoisotopic (exact) mass is 418 g/mol. The Labute approximate surface area is 181 Å². The van der Waals surface area contributed by atoms with Crippen molar-refractivity contribution in [2.24, 2.45) is 5.84 Å². The van der Waals surface area contributed by atoms with E-state index in [1.54, 1.807) is 6.07 Å². The van der Waals surface area contributed by atoms with Crippen molar-refractivity contribution >= 4 is 22.4 Å². The zero-order valence-corrected chi connectivity index (χ0v) is 17.7. The van der Waals surface area contributed by atoms with E-state index < -0.39 is 5.54 Å². The fourth-order valence-electron chi connectivity index (χ4n) is 4.58. The molecule has 1 aliphatic heterocycles. The number of hydrogen-bond donors (Lipinski definition) is 2. The summed E-state index contributed by atoms with van der Waals surface area (Å²) in [6, 6.07) is 16.9. The Morgan fingerprint density at radius 2 is 1.71 bits per heavy atom. The lowest BCUT2D eigenvalue weighted by atomic mass is 9.96. The number of aryl methyl sites for hydroxylation is 1. The van der Waals surface area contributed by atoms with Crippen LogP contribution in [0.2, 0.25) is 0 Å². The largest absolute Gasteiger partial charge is 0.369 e. The van der Waals surface area contributed by atoms with E-state index in [0.717, 1.165) is 61.2 Å². The highest BCUT2D eigenvalue weighted by molar-refractivity contribution is 5.98. The van der Waals surface area contributed by atoms with Crippen molar-refractivity contribution in [1.29, 1.82) is 0 Å². The molecule has 1 amide bonds. The van der Waals surface area contributed by atoms with Crippen molar-refractivity contribution in [3.63, 3.8) is 0 Å². The first-order valence-electron chi connectivity index (χ1n) is 10.8. The molecule has 2 aliphatic rings. The van der Waals surface area contributed by atoms with Gasteiger partial charge in [0.15, 0.2) is 0 Å². The van der Waals surface area contributed by atoms with Crippen LogP contribution in [0.4, 0.5) is 10.1 Å². The summed E-state index contributed by atoms with van der Waals surface area (Å²) >= 11 is 0. The number of benzene rings is 3. The van der Waals surface area contributed by atoms with Crippen LogP contribution in [-0.2, 0) is 5.54 Å². The maximum atomic E-state index is 14.3. The number of nitrogens with one attached hydrogen (secondary N) is 1. The second-order valence-electron chi connectivity index (χ2n) is 8.70. The summed E-state index contributed by atoms with van der Waals surface area (Å²) in [7, 11) is 0. The van der Waals surface area contributed by atoms with E-state index in [1.165, 1.54) is 6.07 Å². The van der Waals surface area contributed by atoms with Crippen LogP contribution in [0, 0.1) is 12.7 Å². The standard InChI is InChI=1S/C25H27FN4O/c1-17-6-7-18(29-12-14-30(27)15-13-29)16-21(17)24(31)28-25(10-11-25)22-8-9-23(26)20-5-3-2-4-19(20)22/h2-9,16H,10-15,27H2,1H3,(H,28,31). The second kappa shape index (κ2) is 7.62. The quantitative estimate of drug-likeness (QED) is 0.635. The Balaban J connectivity index is 1.43. The van der Waals surface area contributed by atoms with E-state index in [9.17, 15) is 9.18 Å². The normalized spacial score (nSPS) is 18.2. The lowest BCUT2D eigenvalue weighted by Gasteiger charge is -2.34. The van der Waals surface area contributed by atoms with Crippen molar-refractivity contribution in [2.75, 3.05) is 31.1 Å². The van der Waals surface area contributed by atoms with Gasteiger partial charge in [-0.3, -0.25) is 10.6 Å². The van der Waals surface area contributed by atoms with E-state index in [2.05, 4.69) is 16.3 Å². The third-order valence-corrected chi connectivity index (χ3v) is 6.63. The molecule has 0 spiro atoms. The third kappa shape index (κ3) is 3.66. The summed E-state index contributed by atoms with van der Waals surface area (Å²) in [5.74, 6) is 5.56. The van der Waals surface area contributed by atoms with Crippen LogP contribution in [0.15, 0.2) is 54.6 Å². The highest BCUT2D eigenvalue weighted by atomic mass is 19.1. The van der Waals surface area contributed by atoms with Crippen molar-refractivity contribution < 1.29 is 9.18 Å². The molecule has 0 radical (unpaired) electrons. The number of carbonyl (C=O) groups is 1. The molecular formula is C25H27FN4O. The van der Waals surface area contributed by atoms with Gasteiger partial charge in [0.1, 0.15) is 5.82 Å². The first kappa shape index (κ1) is 20.0. The summed E-state index contributed by atoms with van der Waals surface area (Å²) in [4.78, 5) is 15.6. The minimum atomic E-state index is -0.433. The summed E-state index contributed by atoms with van der Waals surface area (Å²) in [5, 5.41) is 6.56. The molecule has 0 atom stereocenters. The molecule has 1 saturated heterocycles. The van der Waals surface area contributed by atoms with Gasteiger partial charge in [0.2, 0.25) is 0 Å². The van der Waals surface area contributed by atoms with Crippen molar-refractivity contribution in [3.8, 4) is 0 Å². The average molecular weight is 419 g/mol. The van der Waals surface area contributed by atoms with Gasteiger partial charge >= 0.3 is 0 Å². The van der Waals surface area contributed by atoms with Crippen LogP contribution in [0.5, 0.6) is 0 Å². The fraction of sp³-hybridized carbons (Fsp3) is 0.320. The summed E-state index contributed by atoms with van der Waals surface area (Å²) in [5.41, 5.74) is 3.23. The van der Waals surface area contributed by atoms with Crippen LogP contribution in [0.25, 0.3) is 10.8 Å². The zero-order chi connectivity index (χ0) is 21.6. The Kier molecular flexibility index (Phi) is 4.91. The fourth-order valence-corrected chi connectivity index (χ4v) is 4.58. The Morgan fingerprint density at radius 1 is 1.00 bits per heavy atom. The number of piperazine rings is 1. The number of nitrogens with zero attached hydrogens (tertiary/aromatic N) is 2. The van der Waals surface area contributed by atoms with Gasteiger partial charge in [-0.1, -0.05) is 36.4 Å². The molecule has 0 unspecified atom stereocenters. The molecule has 0 bridgehead atoms. The van der Waals surface area contributed by atoms with Crippen LogP contribution < -0.4 is 16.1 Å². The Hall–Kier alpha value is -2.96. The average Bonchev–Trinajstić information content (AvgIpc) is 3.55. The molecular weight excluding hydrogens is 391 g/mol. The molecule has 1 heterocycles. The SMILES string of the molecule is Cc1ccc(N2CCN(N)CC2)cc1C(=O)NC1(c2ccc(F)c3ccccc23)CC1. The number of hydrogen-bond acceptors (Lipinski definition) is 4. The van der Waals surface area contributed by atoms with Crippen molar-refractivity contribution in [1.82, 2.24) is 10.3 Å². The highest BCUT2D eigenvalue weighted by Gasteiger charge is 2.47. The second-order valence-corrected chi connectivity index (χ2v) is 8.70. The van der Waals surface area contributed by atoms with Crippen molar-refractivity contribution in [2.45, 2.75) is 25.3 Å². The lowest BCUT2D eigenvalue weighted by Crippen LogP contribution is -2.49. The van der Waals surface area contributed by atoms with Gasteiger partial charge in [-0.05, 0) is 54.5 Å². The number of hydrazine groups is 1. The van der Waals surface area contributed by atoms with Crippen LogP contribution in [0.1, 0.15) is 34.3 Å². The van der Waals surface area contributed by atoms with E-state index in [0.29, 0.717) is 10.9 Å². The maximum Gasteiger partial charge on any atom is 0.252 e. The van der Waals surface area contributed by atoms with E-state index in [1.807, 2.05) is 48.3 Å². The summed E-state index contributed by atoms with van der Waals surface area (Å²) < 4.78 is 14.3. The first-order chi connectivity index (χ1) is 15.0. The molecule has 160 valence electrons. The minimum Gasteiger partial charge on any atom is -0.369 e. The molecule has 31 heavy (non-hydrogen) atoms. The van der Waals surface area contributed by atoms with Gasteiger partial charge in [0.05, 0.1) is 5.54 Å². The third-order valence-electron chi connectivity index (χ3n) is 6.63. The van der Waals surface area contributed by atoms with Crippen LogP contribution in [-0.4, -0.2) is 37.1 Å². The van der Waals surface area contributed by atoms with Gasteiger partial charge in [-0.2, -0.15) is 0 Å². The van der Waals surface area contributed by atoms with Crippen molar-refractivity contribution in [3.05, 3.63) is 77.1 Å².